The molecular formula is C23H24N6O3. The lowest BCUT2D eigenvalue weighted by Gasteiger charge is -2.35. The molecule has 0 atom stereocenters. The van der Waals surface area contributed by atoms with E-state index in [2.05, 4.69) is 20.2 Å². The average Bonchev–Trinajstić information content (AvgIpc) is 2.85. The van der Waals surface area contributed by atoms with Gasteiger partial charge in [-0.05, 0) is 12.1 Å². The molecule has 164 valence electrons. The van der Waals surface area contributed by atoms with Crippen molar-refractivity contribution in [3.8, 4) is 11.4 Å². The van der Waals surface area contributed by atoms with Crippen LogP contribution in [-0.2, 0) is 4.79 Å². The van der Waals surface area contributed by atoms with Gasteiger partial charge in [-0.15, -0.1) is 0 Å². The second kappa shape index (κ2) is 9.86. The van der Waals surface area contributed by atoms with Crippen molar-refractivity contribution >= 4 is 23.1 Å². The summed E-state index contributed by atoms with van der Waals surface area (Å²) in [6.45, 7) is 2.93. The predicted octanol–water partition coefficient (Wildman–Crippen LogP) is 3.20. The van der Waals surface area contributed by atoms with E-state index >= 15 is 0 Å². The Kier molecular flexibility index (Phi) is 6.54. The van der Waals surface area contributed by atoms with Gasteiger partial charge >= 0.3 is 0 Å². The number of piperazine rings is 1. The Labute approximate surface area is 185 Å². The van der Waals surface area contributed by atoms with Gasteiger partial charge in [0, 0.05) is 57.0 Å². The number of benzene rings is 2. The van der Waals surface area contributed by atoms with Crippen molar-refractivity contribution in [1.29, 1.82) is 0 Å². The molecular weight excluding hydrogens is 408 g/mol. The zero-order valence-electron chi connectivity index (χ0n) is 17.6. The minimum absolute atomic E-state index is 0.00767. The smallest absolute Gasteiger partial charge is 0.292 e. The number of nitrogens with zero attached hydrogens (tertiary/aromatic N) is 5. The van der Waals surface area contributed by atoms with E-state index < -0.39 is 4.92 Å². The lowest BCUT2D eigenvalue weighted by atomic mass is 10.2. The van der Waals surface area contributed by atoms with Crippen LogP contribution >= 0.6 is 0 Å². The summed E-state index contributed by atoms with van der Waals surface area (Å²) in [5, 5.41) is 14.1. The quantitative estimate of drug-likeness (QED) is 0.451. The highest BCUT2D eigenvalue weighted by Crippen LogP contribution is 2.23. The number of anilines is 2. The number of rotatable bonds is 7. The van der Waals surface area contributed by atoms with Crippen molar-refractivity contribution in [2.45, 2.75) is 6.42 Å². The molecule has 2 aromatic carbocycles. The molecule has 0 radical (unpaired) electrons. The lowest BCUT2D eigenvalue weighted by Crippen LogP contribution is -2.49. The summed E-state index contributed by atoms with van der Waals surface area (Å²) in [4.78, 5) is 36.3. The Balaban J connectivity index is 1.29. The van der Waals surface area contributed by atoms with Crippen molar-refractivity contribution in [3.63, 3.8) is 0 Å². The minimum atomic E-state index is -0.431. The fourth-order valence-electron chi connectivity index (χ4n) is 3.68. The number of carbonyl (C=O) groups excluding carboxylic acids is 1. The Morgan fingerprint density at radius 2 is 1.72 bits per heavy atom. The molecule has 0 bridgehead atoms. The molecule has 2 heterocycles. The molecule has 0 aliphatic carbocycles. The van der Waals surface area contributed by atoms with Crippen LogP contribution in [0.3, 0.4) is 0 Å². The number of carbonyl (C=O) groups is 1. The Hall–Kier alpha value is -4.01. The van der Waals surface area contributed by atoms with Crippen LogP contribution in [0.2, 0.25) is 0 Å². The van der Waals surface area contributed by atoms with Crippen LogP contribution in [0, 0.1) is 10.1 Å². The van der Waals surface area contributed by atoms with Gasteiger partial charge in [0.15, 0.2) is 5.82 Å². The number of aromatic nitrogens is 2. The van der Waals surface area contributed by atoms with Crippen molar-refractivity contribution in [2.75, 3.05) is 42.9 Å². The molecule has 0 spiro atoms. The van der Waals surface area contributed by atoms with Crippen molar-refractivity contribution in [2.24, 2.45) is 0 Å². The summed E-state index contributed by atoms with van der Waals surface area (Å²) in [6, 6.07) is 18.2. The van der Waals surface area contributed by atoms with Crippen molar-refractivity contribution in [1.82, 2.24) is 14.9 Å². The molecule has 3 aromatic rings. The van der Waals surface area contributed by atoms with E-state index in [4.69, 9.17) is 0 Å². The number of nitro benzene ring substituents is 1. The Morgan fingerprint density at radius 3 is 2.47 bits per heavy atom. The molecule has 4 rings (SSSR count). The molecule has 9 heteroatoms. The molecule has 0 saturated carbocycles. The third-order valence-electron chi connectivity index (χ3n) is 5.38. The molecule has 1 fully saturated rings. The van der Waals surface area contributed by atoms with Gasteiger partial charge in [-0.2, -0.15) is 0 Å². The number of hydrogen-bond acceptors (Lipinski definition) is 7. The van der Waals surface area contributed by atoms with E-state index in [0.717, 1.165) is 11.4 Å². The molecule has 1 aliphatic heterocycles. The largest absolute Gasteiger partial charge is 0.379 e. The van der Waals surface area contributed by atoms with Gasteiger partial charge in [0.05, 0.1) is 4.92 Å². The first-order chi connectivity index (χ1) is 15.6. The van der Waals surface area contributed by atoms with Gasteiger partial charge in [0.25, 0.3) is 5.69 Å². The van der Waals surface area contributed by atoms with Gasteiger partial charge in [0.1, 0.15) is 11.5 Å². The standard InChI is InChI=1S/C23H24N6O3/c30-22(11-13-24-19-8-4-5-9-20(19)29(31)32)28-16-14-27(15-17-28)21-10-12-25-23(26-21)18-6-2-1-3-7-18/h1-10,12,24H,11,13-17H2. The first kappa shape index (κ1) is 21.2. The van der Waals surface area contributed by atoms with Crippen LogP contribution in [-0.4, -0.2) is 58.4 Å². The summed E-state index contributed by atoms with van der Waals surface area (Å²) in [7, 11) is 0. The summed E-state index contributed by atoms with van der Waals surface area (Å²) in [5.74, 6) is 1.56. The van der Waals surface area contributed by atoms with Gasteiger partial charge in [0.2, 0.25) is 5.91 Å². The zero-order valence-corrected chi connectivity index (χ0v) is 17.6. The van der Waals surface area contributed by atoms with Crippen molar-refractivity contribution < 1.29 is 9.72 Å². The van der Waals surface area contributed by atoms with Crippen LogP contribution < -0.4 is 10.2 Å². The van der Waals surface area contributed by atoms with Crippen molar-refractivity contribution in [3.05, 3.63) is 77.0 Å². The first-order valence-corrected chi connectivity index (χ1v) is 10.5. The summed E-state index contributed by atoms with van der Waals surface area (Å²) >= 11 is 0. The minimum Gasteiger partial charge on any atom is -0.379 e. The highest BCUT2D eigenvalue weighted by molar-refractivity contribution is 5.77. The molecule has 1 N–H and O–H groups in total. The highest BCUT2D eigenvalue weighted by atomic mass is 16.6. The molecule has 0 unspecified atom stereocenters. The van der Waals surface area contributed by atoms with Crippen LogP contribution in [0.1, 0.15) is 6.42 Å². The number of nitrogens with one attached hydrogen (secondary N) is 1. The Bertz CT molecular complexity index is 1080. The van der Waals surface area contributed by atoms with E-state index in [9.17, 15) is 14.9 Å². The van der Waals surface area contributed by atoms with Gasteiger partial charge < -0.3 is 15.1 Å². The normalized spacial score (nSPS) is 13.6. The van der Waals surface area contributed by atoms with Crippen LogP contribution in [0.25, 0.3) is 11.4 Å². The third kappa shape index (κ3) is 5.00. The zero-order chi connectivity index (χ0) is 22.3. The third-order valence-corrected chi connectivity index (χ3v) is 5.38. The number of nitro groups is 1. The predicted molar refractivity (Wildman–Crippen MR) is 122 cm³/mol. The summed E-state index contributed by atoms with van der Waals surface area (Å²) in [5.41, 5.74) is 1.40. The topological polar surface area (TPSA) is 104 Å². The maximum atomic E-state index is 12.6. The molecule has 1 amide bonds. The van der Waals surface area contributed by atoms with Gasteiger partial charge in [-0.25, -0.2) is 9.97 Å². The van der Waals surface area contributed by atoms with E-state index in [1.165, 1.54) is 6.07 Å². The van der Waals surface area contributed by atoms with E-state index in [1.54, 1.807) is 24.4 Å². The first-order valence-electron chi connectivity index (χ1n) is 10.5. The van der Waals surface area contributed by atoms with Crippen LogP contribution in [0.5, 0.6) is 0 Å². The molecule has 1 saturated heterocycles. The maximum Gasteiger partial charge on any atom is 0.292 e. The average molecular weight is 432 g/mol. The highest BCUT2D eigenvalue weighted by Gasteiger charge is 2.22. The molecule has 9 nitrogen and oxygen atoms in total. The second-order valence-electron chi connectivity index (χ2n) is 7.42. The van der Waals surface area contributed by atoms with E-state index in [-0.39, 0.29) is 18.0 Å². The summed E-state index contributed by atoms with van der Waals surface area (Å²) in [6.07, 6.45) is 2.04. The number of hydrogen-bond donors (Lipinski definition) is 1. The number of amides is 1. The van der Waals surface area contributed by atoms with Crippen LogP contribution in [0.15, 0.2) is 66.9 Å². The van der Waals surface area contributed by atoms with Crippen LogP contribution in [0.4, 0.5) is 17.2 Å². The fourth-order valence-corrected chi connectivity index (χ4v) is 3.68. The van der Waals surface area contributed by atoms with E-state index in [0.29, 0.717) is 44.2 Å². The van der Waals surface area contributed by atoms with Gasteiger partial charge in [-0.3, -0.25) is 14.9 Å². The SMILES string of the molecule is O=C(CCNc1ccccc1[N+](=O)[O-])N1CCN(c2ccnc(-c3ccccc3)n2)CC1. The van der Waals surface area contributed by atoms with Gasteiger partial charge in [-0.1, -0.05) is 42.5 Å². The lowest BCUT2D eigenvalue weighted by molar-refractivity contribution is -0.384. The maximum absolute atomic E-state index is 12.6. The fraction of sp³-hybridized carbons (Fsp3) is 0.261. The number of para-hydroxylation sites is 2. The Morgan fingerprint density at radius 1 is 1.00 bits per heavy atom. The molecule has 1 aliphatic rings. The molecule has 1 aromatic heterocycles. The second-order valence-corrected chi connectivity index (χ2v) is 7.42. The summed E-state index contributed by atoms with van der Waals surface area (Å²) < 4.78 is 0. The molecule has 32 heavy (non-hydrogen) atoms. The van der Waals surface area contributed by atoms with E-state index in [1.807, 2.05) is 41.3 Å². The monoisotopic (exact) mass is 432 g/mol.